The van der Waals surface area contributed by atoms with E-state index in [9.17, 15) is 22.8 Å². The lowest BCUT2D eigenvalue weighted by molar-refractivity contribution is -0.176. The molecule has 6 nitrogen and oxygen atoms in total. The van der Waals surface area contributed by atoms with E-state index in [0.717, 1.165) is 0 Å². The van der Waals surface area contributed by atoms with Crippen LogP contribution in [0.4, 0.5) is 13.2 Å². The molecule has 9 heteroatoms. The molecule has 1 atom stereocenters. The molecule has 2 saturated heterocycles. The fraction of sp³-hybridized carbons (Fsp3) is 0.818. The number of fused-ring (bicyclic) bond motifs is 1. The highest BCUT2D eigenvalue weighted by Crippen LogP contribution is 2.16. The van der Waals surface area contributed by atoms with Gasteiger partial charge in [-0.2, -0.15) is 13.2 Å². The van der Waals surface area contributed by atoms with E-state index in [2.05, 4.69) is 10.1 Å². The molecule has 2 aliphatic heterocycles. The molecule has 0 aromatic carbocycles. The van der Waals surface area contributed by atoms with Crippen LogP contribution in [0, 0.1) is 0 Å². The normalized spacial score (nSPS) is 24.1. The number of alkyl halides is 3. The van der Waals surface area contributed by atoms with Gasteiger partial charge in [-0.15, -0.1) is 0 Å². The van der Waals surface area contributed by atoms with Crippen molar-refractivity contribution in [3.05, 3.63) is 0 Å². The van der Waals surface area contributed by atoms with Crippen LogP contribution in [0.1, 0.15) is 0 Å². The zero-order valence-corrected chi connectivity index (χ0v) is 10.8. The molecule has 0 saturated carbocycles. The van der Waals surface area contributed by atoms with Gasteiger partial charge in [0.15, 0.2) is 0 Å². The monoisotopic (exact) mass is 295 g/mol. The fourth-order valence-corrected chi connectivity index (χ4v) is 2.34. The summed E-state index contributed by atoms with van der Waals surface area (Å²) in [5.74, 6) is -1.25. The predicted molar refractivity (Wildman–Crippen MR) is 61.8 cm³/mol. The maximum absolute atomic E-state index is 11.9. The number of amides is 2. The van der Waals surface area contributed by atoms with E-state index < -0.39 is 24.6 Å². The second kappa shape index (κ2) is 5.96. The van der Waals surface area contributed by atoms with Crippen molar-refractivity contribution in [3.63, 3.8) is 0 Å². The Balaban J connectivity index is 1.83. The van der Waals surface area contributed by atoms with E-state index in [1.807, 2.05) is 0 Å². The Morgan fingerprint density at radius 3 is 2.75 bits per heavy atom. The number of piperazine rings is 2. The quantitative estimate of drug-likeness (QED) is 0.545. The average molecular weight is 295 g/mol. The second-order valence-corrected chi connectivity index (χ2v) is 4.78. The summed E-state index contributed by atoms with van der Waals surface area (Å²) < 4.78 is 40.2. The highest BCUT2D eigenvalue weighted by atomic mass is 19.4. The number of hydrogen-bond acceptors (Lipinski definition) is 4. The Kier molecular flexibility index (Phi) is 4.48. The van der Waals surface area contributed by atoms with E-state index in [4.69, 9.17) is 0 Å². The van der Waals surface area contributed by atoms with Crippen molar-refractivity contribution in [1.29, 1.82) is 0 Å². The smallest absolute Gasteiger partial charge is 0.370 e. The number of nitrogens with zero attached hydrogens (tertiary/aromatic N) is 2. The zero-order valence-electron chi connectivity index (χ0n) is 10.8. The molecule has 114 valence electrons. The van der Waals surface area contributed by atoms with Gasteiger partial charge in [-0.3, -0.25) is 9.59 Å². The minimum absolute atomic E-state index is 0.00894. The number of halogens is 3. The van der Waals surface area contributed by atoms with Gasteiger partial charge in [-0.1, -0.05) is 0 Å². The zero-order chi connectivity index (χ0) is 14.8. The third-order valence-electron chi connectivity index (χ3n) is 3.28. The molecule has 0 radical (unpaired) electrons. The molecule has 0 aliphatic carbocycles. The molecule has 2 heterocycles. The first-order valence-electron chi connectivity index (χ1n) is 6.33. The first-order chi connectivity index (χ1) is 9.38. The van der Waals surface area contributed by atoms with E-state index >= 15 is 0 Å². The highest BCUT2D eigenvalue weighted by Gasteiger charge is 2.39. The van der Waals surface area contributed by atoms with Crippen LogP contribution in [0.15, 0.2) is 0 Å². The van der Waals surface area contributed by atoms with Crippen molar-refractivity contribution in [2.45, 2.75) is 12.2 Å². The summed E-state index contributed by atoms with van der Waals surface area (Å²) in [6.07, 6.45) is -4.38. The molecule has 0 bridgehead atoms. The lowest BCUT2D eigenvalue weighted by Crippen LogP contribution is -2.65. The first kappa shape index (κ1) is 15.0. The topological polar surface area (TPSA) is 61.9 Å². The van der Waals surface area contributed by atoms with Crippen molar-refractivity contribution in [2.24, 2.45) is 0 Å². The van der Waals surface area contributed by atoms with Crippen molar-refractivity contribution in [2.75, 3.05) is 45.9 Å². The lowest BCUT2D eigenvalue weighted by Gasteiger charge is -2.43. The number of rotatable bonds is 4. The minimum Gasteiger partial charge on any atom is -0.370 e. The lowest BCUT2D eigenvalue weighted by atomic mass is 10.1. The minimum atomic E-state index is -4.38. The molecule has 20 heavy (non-hydrogen) atoms. The largest absolute Gasteiger partial charge is 0.411 e. The van der Waals surface area contributed by atoms with Crippen molar-refractivity contribution < 1.29 is 27.5 Å². The van der Waals surface area contributed by atoms with Gasteiger partial charge in [0.1, 0.15) is 6.61 Å². The van der Waals surface area contributed by atoms with E-state index in [1.165, 1.54) is 9.80 Å². The van der Waals surface area contributed by atoms with Crippen LogP contribution in [-0.4, -0.2) is 79.8 Å². The summed E-state index contributed by atoms with van der Waals surface area (Å²) in [5, 5.41) is 3.12. The van der Waals surface area contributed by atoms with Crippen LogP contribution in [0.25, 0.3) is 0 Å². The van der Waals surface area contributed by atoms with Crippen LogP contribution in [0.2, 0.25) is 0 Å². The SMILES string of the molecule is O=C1C(=O)N2CCNCC2CN1CCOCC(F)(F)F. The number of carbonyl (C=O) groups excluding carboxylic acids is 2. The van der Waals surface area contributed by atoms with Crippen LogP contribution in [0.5, 0.6) is 0 Å². The van der Waals surface area contributed by atoms with Gasteiger partial charge in [-0.25, -0.2) is 0 Å². The van der Waals surface area contributed by atoms with Crippen LogP contribution in [-0.2, 0) is 14.3 Å². The summed E-state index contributed by atoms with van der Waals surface area (Å²) in [4.78, 5) is 26.4. The molecular weight excluding hydrogens is 279 g/mol. The first-order valence-corrected chi connectivity index (χ1v) is 6.33. The van der Waals surface area contributed by atoms with Crippen LogP contribution in [0.3, 0.4) is 0 Å². The van der Waals surface area contributed by atoms with Gasteiger partial charge in [0, 0.05) is 32.7 Å². The molecule has 2 fully saturated rings. The van der Waals surface area contributed by atoms with E-state index in [1.54, 1.807) is 0 Å². The Hall–Kier alpha value is -1.35. The summed E-state index contributed by atoms with van der Waals surface area (Å²) in [7, 11) is 0. The maximum atomic E-state index is 11.9. The van der Waals surface area contributed by atoms with Crippen LogP contribution >= 0.6 is 0 Å². The third-order valence-corrected chi connectivity index (χ3v) is 3.28. The molecule has 1 N–H and O–H groups in total. The Morgan fingerprint density at radius 2 is 2.05 bits per heavy atom. The van der Waals surface area contributed by atoms with Gasteiger partial charge in [-0.05, 0) is 0 Å². The second-order valence-electron chi connectivity index (χ2n) is 4.78. The van der Waals surface area contributed by atoms with Gasteiger partial charge in [0.05, 0.1) is 12.6 Å². The number of nitrogens with one attached hydrogen (secondary N) is 1. The van der Waals surface area contributed by atoms with Gasteiger partial charge >= 0.3 is 18.0 Å². The average Bonchev–Trinajstić information content (AvgIpc) is 2.39. The van der Waals surface area contributed by atoms with Gasteiger partial charge < -0.3 is 19.9 Å². The van der Waals surface area contributed by atoms with Crippen molar-refractivity contribution in [1.82, 2.24) is 15.1 Å². The summed E-state index contributed by atoms with van der Waals surface area (Å²) in [6, 6.07) is -0.114. The number of hydrogen-bond donors (Lipinski definition) is 1. The summed E-state index contributed by atoms with van der Waals surface area (Å²) >= 11 is 0. The molecule has 2 amide bonds. The molecular formula is C11H16F3N3O3. The molecule has 1 unspecified atom stereocenters. The van der Waals surface area contributed by atoms with E-state index in [-0.39, 0.29) is 19.2 Å². The standard InChI is InChI=1S/C11H16F3N3O3/c12-11(13,14)7-20-4-3-16-6-8-5-15-1-2-17(8)10(19)9(16)18/h8,15H,1-7H2. The predicted octanol–water partition coefficient (Wildman–Crippen LogP) is -0.792. The molecule has 2 rings (SSSR count). The highest BCUT2D eigenvalue weighted by molar-refractivity contribution is 6.35. The number of ether oxygens (including phenoxy) is 1. The number of carbonyl (C=O) groups is 2. The fourth-order valence-electron chi connectivity index (χ4n) is 2.34. The third kappa shape index (κ3) is 3.60. The van der Waals surface area contributed by atoms with Gasteiger partial charge in [0.2, 0.25) is 0 Å². The van der Waals surface area contributed by atoms with Crippen LogP contribution < -0.4 is 5.32 Å². The van der Waals surface area contributed by atoms with Gasteiger partial charge in [0.25, 0.3) is 0 Å². The van der Waals surface area contributed by atoms with Crippen molar-refractivity contribution in [3.8, 4) is 0 Å². The Morgan fingerprint density at radius 1 is 1.30 bits per heavy atom. The molecule has 2 aliphatic rings. The molecule has 0 aromatic heterocycles. The molecule has 0 spiro atoms. The summed E-state index contributed by atoms with van der Waals surface area (Å²) in [6.45, 7) is 0.438. The summed E-state index contributed by atoms with van der Waals surface area (Å²) in [5.41, 5.74) is 0. The van der Waals surface area contributed by atoms with E-state index in [0.29, 0.717) is 26.2 Å². The Bertz CT molecular complexity index is 389. The Labute approximate surface area is 113 Å². The van der Waals surface area contributed by atoms with Crippen molar-refractivity contribution >= 4 is 11.8 Å². The molecule has 0 aromatic rings. The maximum Gasteiger partial charge on any atom is 0.411 e.